The lowest BCUT2D eigenvalue weighted by Crippen LogP contribution is -2.32. The van der Waals surface area contributed by atoms with Crippen LogP contribution in [-0.2, 0) is 13.6 Å². The molecule has 1 rings (SSSR count). The lowest BCUT2D eigenvalue weighted by atomic mass is 10.1. The molecule has 1 aromatic carbocycles. The molecule has 1 unspecified atom stereocenters. The predicted octanol–water partition coefficient (Wildman–Crippen LogP) is 3.83. The standard InChI is InChI=1S/C14H20FO5P/c1-5-19-21(17,20-6-2)14(3,15)13(16)11-7-9-12(18-4)10-8-11/h7-10H,5-6H2,1-4H3. The molecule has 0 heterocycles. The van der Waals surface area contributed by atoms with Crippen molar-refractivity contribution < 1.29 is 27.5 Å². The predicted molar refractivity (Wildman–Crippen MR) is 77.7 cm³/mol. The average molecular weight is 318 g/mol. The minimum atomic E-state index is -4.21. The molecule has 0 N–H and O–H groups in total. The van der Waals surface area contributed by atoms with E-state index in [1.165, 1.54) is 31.4 Å². The molecule has 0 aliphatic heterocycles. The van der Waals surface area contributed by atoms with Crippen LogP contribution in [0.1, 0.15) is 31.1 Å². The van der Waals surface area contributed by atoms with Crippen molar-refractivity contribution in [2.24, 2.45) is 0 Å². The summed E-state index contributed by atoms with van der Waals surface area (Å²) in [5, 5.41) is -2.76. The van der Waals surface area contributed by atoms with E-state index in [9.17, 15) is 13.8 Å². The van der Waals surface area contributed by atoms with E-state index >= 15 is 0 Å². The zero-order valence-electron chi connectivity index (χ0n) is 12.6. The third-order valence-corrected chi connectivity index (χ3v) is 5.31. The molecule has 0 saturated heterocycles. The van der Waals surface area contributed by atoms with Crippen molar-refractivity contribution in [3.63, 3.8) is 0 Å². The maximum Gasteiger partial charge on any atom is 0.375 e. The van der Waals surface area contributed by atoms with E-state index in [2.05, 4.69) is 0 Å². The Morgan fingerprint density at radius 1 is 1.19 bits per heavy atom. The summed E-state index contributed by atoms with van der Waals surface area (Å²) in [5.74, 6) is -0.416. The normalized spacial score (nSPS) is 14.5. The summed E-state index contributed by atoms with van der Waals surface area (Å²) in [6.07, 6.45) is 0. The van der Waals surface area contributed by atoms with Crippen molar-refractivity contribution in [2.75, 3.05) is 20.3 Å². The number of Topliss-reactive ketones (excluding diaryl/α,β-unsaturated/α-hetero) is 1. The van der Waals surface area contributed by atoms with Crippen LogP contribution in [0.3, 0.4) is 0 Å². The minimum Gasteiger partial charge on any atom is -0.497 e. The van der Waals surface area contributed by atoms with Gasteiger partial charge in [0.05, 0.1) is 20.3 Å². The van der Waals surface area contributed by atoms with E-state index in [4.69, 9.17) is 13.8 Å². The van der Waals surface area contributed by atoms with Crippen molar-refractivity contribution in [3.05, 3.63) is 29.8 Å². The van der Waals surface area contributed by atoms with Gasteiger partial charge in [-0.05, 0) is 45.0 Å². The van der Waals surface area contributed by atoms with Crippen LogP contribution < -0.4 is 4.74 Å². The Morgan fingerprint density at radius 3 is 2.05 bits per heavy atom. The number of halogens is 1. The van der Waals surface area contributed by atoms with E-state index < -0.39 is 18.8 Å². The highest BCUT2D eigenvalue weighted by molar-refractivity contribution is 7.56. The molecule has 7 heteroatoms. The van der Waals surface area contributed by atoms with Gasteiger partial charge in [-0.1, -0.05) is 0 Å². The number of hydrogen-bond acceptors (Lipinski definition) is 5. The van der Waals surface area contributed by atoms with E-state index in [0.29, 0.717) is 5.75 Å². The Bertz CT molecular complexity index is 517. The summed E-state index contributed by atoms with van der Waals surface area (Å²) >= 11 is 0. The van der Waals surface area contributed by atoms with E-state index in [0.717, 1.165) is 6.92 Å². The maximum absolute atomic E-state index is 14.9. The molecule has 1 atom stereocenters. The maximum atomic E-state index is 14.9. The first-order valence-corrected chi connectivity index (χ1v) is 8.13. The van der Waals surface area contributed by atoms with Gasteiger partial charge in [-0.25, -0.2) is 4.39 Å². The van der Waals surface area contributed by atoms with Crippen LogP contribution in [0.4, 0.5) is 4.39 Å². The highest BCUT2D eigenvalue weighted by atomic mass is 31.2. The van der Waals surface area contributed by atoms with Gasteiger partial charge in [0.1, 0.15) is 5.75 Å². The molecule has 21 heavy (non-hydrogen) atoms. The second kappa shape index (κ2) is 7.16. The second-order valence-electron chi connectivity index (χ2n) is 4.34. The largest absolute Gasteiger partial charge is 0.497 e. The number of carbonyl (C=O) groups excluding carboxylic acids is 1. The van der Waals surface area contributed by atoms with Crippen molar-refractivity contribution in [3.8, 4) is 5.75 Å². The average Bonchev–Trinajstić information content (AvgIpc) is 2.47. The van der Waals surface area contributed by atoms with E-state index in [1.54, 1.807) is 13.8 Å². The molecule has 118 valence electrons. The number of ether oxygens (including phenoxy) is 1. The lowest BCUT2D eigenvalue weighted by molar-refractivity contribution is 0.0771. The lowest BCUT2D eigenvalue weighted by Gasteiger charge is -2.27. The van der Waals surface area contributed by atoms with Gasteiger partial charge in [0.15, 0.2) is 0 Å². The second-order valence-corrected chi connectivity index (χ2v) is 6.70. The molecule has 0 bridgehead atoms. The molecule has 0 radical (unpaired) electrons. The van der Waals surface area contributed by atoms with E-state index in [-0.39, 0.29) is 18.8 Å². The van der Waals surface area contributed by atoms with Crippen molar-refractivity contribution >= 4 is 13.4 Å². The van der Waals surface area contributed by atoms with Crippen LogP contribution in [0.25, 0.3) is 0 Å². The number of rotatable bonds is 8. The fourth-order valence-electron chi connectivity index (χ4n) is 1.75. The van der Waals surface area contributed by atoms with Gasteiger partial charge in [-0.3, -0.25) is 9.36 Å². The highest BCUT2D eigenvalue weighted by Gasteiger charge is 2.54. The Hall–Kier alpha value is -1.23. The summed E-state index contributed by atoms with van der Waals surface area (Å²) < 4.78 is 42.2. The number of hydrogen-bond donors (Lipinski definition) is 0. The summed E-state index contributed by atoms with van der Waals surface area (Å²) in [7, 11) is -2.73. The molecule has 0 aromatic heterocycles. The number of ketones is 1. The molecule has 0 saturated carbocycles. The molecule has 0 aliphatic rings. The van der Waals surface area contributed by atoms with Crippen molar-refractivity contribution in [1.29, 1.82) is 0 Å². The minimum absolute atomic E-state index is 0.0212. The van der Waals surface area contributed by atoms with Gasteiger partial charge < -0.3 is 13.8 Å². The Kier molecular flexibility index (Phi) is 6.08. The molecule has 0 spiro atoms. The molecular formula is C14H20FO5P. The molecular weight excluding hydrogens is 298 g/mol. The van der Waals surface area contributed by atoms with Gasteiger partial charge in [0.2, 0.25) is 5.78 Å². The molecule has 0 amide bonds. The van der Waals surface area contributed by atoms with Gasteiger partial charge in [-0.2, -0.15) is 0 Å². The van der Waals surface area contributed by atoms with Crippen LogP contribution >= 0.6 is 7.60 Å². The molecule has 0 aliphatic carbocycles. The topological polar surface area (TPSA) is 61.8 Å². The molecule has 5 nitrogen and oxygen atoms in total. The summed E-state index contributed by atoms with van der Waals surface area (Å²) in [4.78, 5) is 12.3. The van der Waals surface area contributed by atoms with Crippen LogP contribution in [0, 0.1) is 0 Å². The molecule has 1 aromatic rings. The first-order valence-electron chi connectivity index (χ1n) is 6.59. The number of carbonyl (C=O) groups is 1. The fourth-order valence-corrected chi connectivity index (χ4v) is 3.37. The monoisotopic (exact) mass is 318 g/mol. The number of alkyl halides is 1. The number of benzene rings is 1. The van der Waals surface area contributed by atoms with Crippen molar-refractivity contribution in [2.45, 2.75) is 26.2 Å². The number of methoxy groups -OCH3 is 1. The SMILES string of the molecule is CCOP(=O)(OCC)C(C)(F)C(=O)c1ccc(OC)cc1. The Labute approximate surface area is 123 Å². The first-order chi connectivity index (χ1) is 9.82. The third kappa shape index (κ3) is 3.70. The van der Waals surface area contributed by atoms with Gasteiger partial charge in [0.25, 0.3) is 5.41 Å². The highest BCUT2D eigenvalue weighted by Crippen LogP contribution is 2.61. The van der Waals surface area contributed by atoms with Gasteiger partial charge in [0, 0.05) is 5.56 Å². The fraction of sp³-hybridized carbons (Fsp3) is 0.500. The quantitative estimate of drug-likeness (QED) is 0.538. The Balaban J connectivity index is 3.13. The van der Waals surface area contributed by atoms with Gasteiger partial charge >= 0.3 is 7.60 Å². The van der Waals surface area contributed by atoms with E-state index in [1.807, 2.05) is 0 Å². The molecule has 0 fully saturated rings. The smallest absolute Gasteiger partial charge is 0.375 e. The van der Waals surface area contributed by atoms with Crippen LogP contribution in [-0.4, -0.2) is 31.5 Å². The van der Waals surface area contributed by atoms with Crippen LogP contribution in [0.15, 0.2) is 24.3 Å². The summed E-state index contributed by atoms with van der Waals surface area (Å²) in [5.41, 5.74) is 0.0698. The first kappa shape index (κ1) is 17.8. The zero-order valence-corrected chi connectivity index (χ0v) is 13.5. The van der Waals surface area contributed by atoms with Crippen LogP contribution in [0.2, 0.25) is 0 Å². The third-order valence-electron chi connectivity index (χ3n) is 2.88. The van der Waals surface area contributed by atoms with Crippen LogP contribution in [0.5, 0.6) is 5.75 Å². The van der Waals surface area contributed by atoms with Crippen molar-refractivity contribution in [1.82, 2.24) is 0 Å². The summed E-state index contributed by atoms with van der Waals surface area (Å²) in [6, 6.07) is 5.85. The Morgan fingerprint density at radius 2 is 1.67 bits per heavy atom. The zero-order chi connectivity index (χ0) is 16.1. The summed E-state index contributed by atoms with van der Waals surface area (Å²) in [6.45, 7) is 3.99. The van der Waals surface area contributed by atoms with Gasteiger partial charge in [-0.15, -0.1) is 0 Å².